The molecule has 0 saturated heterocycles. The van der Waals surface area contributed by atoms with Gasteiger partial charge in [0.25, 0.3) is 0 Å². The quantitative estimate of drug-likeness (QED) is 0.688. The van der Waals surface area contributed by atoms with Crippen molar-refractivity contribution in [2.45, 2.75) is 33.2 Å². The van der Waals surface area contributed by atoms with Gasteiger partial charge in [-0.15, -0.1) is 0 Å². The Morgan fingerprint density at radius 2 is 2.21 bits per heavy atom. The largest absolute Gasteiger partial charge is 0.481 e. The van der Waals surface area contributed by atoms with Crippen molar-refractivity contribution in [2.24, 2.45) is 5.92 Å². The molecule has 2 amide bonds. The minimum atomic E-state index is -0.874. The molecule has 106 valence electrons. The van der Waals surface area contributed by atoms with Crippen LogP contribution >= 0.6 is 0 Å². The molecule has 1 aromatic heterocycles. The van der Waals surface area contributed by atoms with E-state index >= 15 is 0 Å². The van der Waals surface area contributed by atoms with Gasteiger partial charge in [-0.3, -0.25) is 4.79 Å². The van der Waals surface area contributed by atoms with Gasteiger partial charge in [-0.05, 0) is 5.92 Å². The highest BCUT2D eigenvalue weighted by Gasteiger charge is 2.10. The predicted octanol–water partition coefficient (Wildman–Crippen LogP) is 1.15. The minimum absolute atomic E-state index is 0.0277. The number of hydrogen-bond acceptors (Lipinski definition) is 4. The minimum Gasteiger partial charge on any atom is -0.481 e. The van der Waals surface area contributed by atoms with Crippen molar-refractivity contribution < 1.29 is 19.1 Å². The van der Waals surface area contributed by atoms with E-state index in [0.717, 1.165) is 12.2 Å². The smallest absolute Gasteiger partial charge is 0.315 e. The second-order valence-corrected chi connectivity index (χ2v) is 4.34. The van der Waals surface area contributed by atoms with Gasteiger partial charge in [0.05, 0.1) is 12.7 Å². The molecule has 0 aliphatic rings. The maximum Gasteiger partial charge on any atom is 0.315 e. The lowest BCUT2D eigenvalue weighted by Gasteiger charge is -2.10. The molecular formula is C12H19N3O4. The number of carboxylic acid groups (broad SMARTS) is 1. The van der Waals surface area contributed by atoms with Crippen LogP contribution in [0.15, 0.2) is 10.6 Å². The monoisotopic (exact) mass is 269 g/mol. The Bertz CT molecular complexity index is 430. The van der Waals surface area contributed by atoms with Gasteiger partial charge in [-0.25, -0.2) is 9.78 Å². The van der Waals surface area contributed by atoms with Gasteiger partial charge in [-0.2, -0.15) is 0 Å². The predicted molar refractivity (Wildman–Crippen MR) is 67.5 cm³/mol. The number of carbonyl (C=O) groups is 2. The van der Waals surface area contributed by atoms with Crippen LogP contribution in [-0.4, -0.2) is 28.6 Å². The van der Waals surface area contributed by atoms with Crippen molar-refractivity contribution in [1.82, 2.24) is 15.6 Å². The lowest BCUT2D eigenvalue weighted by Crippen LogP contribution is -2.37. The average Bonchev–Trinajstić information content (AvgIpc) is 2.81. The fourth-order valence-corrected chi connectivity index (χ4v) is 1.45. The van der Waals surface area contributed by atoms with Gasteiger partial charge in [0.2, 0.25) is 5.89 Å². The molecule has 0 saturated carbocycles. The van der Waals surface area contributed by atoms with Crippen LogP contribution in [0.3, 0.4) is 0 Å². The summed E-state index contributed by atoms with van der Waals surface area (Å²) in [6.07, 6.45) is 2.41. The number of carbonyl (C=O) groups excluding carboxylic acids is 1. The summed E-state index contributed by atoms with van der Waals surface area (Å²) in [7, 11) is 0. The Hall–Kier alpha value is -2.05. The summed E-state index contributed by atoms with van der Waals surface area (Å²) in [4.78, 5) is 25.9. The second kappa shape index (κ2) is 7.40. The van der Waals surface area contributed by atoms with Crippen molar-refractivity contribution in [3.05, 3.63) is 17.8 Å². The lowest BCUT2D eigenvalue weighted by atomic mass is 10.1. The van der Waals surface area contributed by atoms with Gasteiger partial charge in [0.1, 0.15) is 5.76 Å². The van der Waals surface area contributed by atoms with E-state index in [2.05, 4.69) is 15.6 Å². The summed E-state index contributed by atoms with van der Waals surface area (Å²) < 4.78 is 5.33. The highest BCUT2D eigenvalue weighted by Crippen LogP contribution is 2.03. The number of aliphatic carboxylic acids is 1. The first-order chi connectivity index (χ1) is 9.01. The molecule has 0 bridgehead atoms. The van der Waals surface area contributed by atoms with Gasteiger partial charge in [-0.1, -0.05) is 13.8 Å². The van der Waals surface area contributed by atoms with Gasteiger partial charge < -0.3 is 20.2 Å². The molecule has 19 heavy (non-hydrogen) atoms. The highest BCUT2D eigenvalue weighted by molar-refractivity contribution is 5.73. The molecule has 7 heteroatoms. The molecule has 1 atom stereocenters. The maximum absolute atomic E-state index is 11.4. The van der Waals surface area contributed by atoms with Crippen LogP contribution in [0, 0.1) is 5.92 Å². The first-order valence-corrected chi connectivity index (χ1v) is 6.18. The molecule has 3 N–H and O–H groups in total. The molecule has 0 aromatic carbocycles. The lowest BCUT2D eigenvalue weighted by molar-refractivity contribution is -0.137. The first-order valence-electron chi connectivity index (χ1n) is 6.18. The number of urea groups is 1. The van der Waals surface area contributed by atoms with E-state index in [9.17, 15) is 9.59 Å². The second-order valence-electron chi connectivity index (χ2n) is 4.34. The number of aromatic nitrogens is 1. The van der Waals surface area contributed by atoms with Crippen molar-refractivity contribution >= 4 is 12.0 Å². The van der Waals surface area contributed by atoms with E-state index in [-0.39, 0.29) is 24.9 Å². The summed E-state index contributed by atoms with van der Waals surface area (Å²) in [5.41, 5.74) is 0. The molecule has 1 unspecified atom stereocenters. The van der Waals surface area contributed by atoms with Crippen molar-refractivity contribution in [2.75, 3.05) is 6.54 Å². The van der Waals surface area contributed by atoms with E-state index in [1.807, 2.05) is 6.92 Å². The number of oxazole rings is 1. The Morgan fingerprint density at radius 3 is 2.79 bits per heavy atom. The Kier molecular flexibility index (Phi) is 5.84. The molecular weight excluding hydrogens is 250 g/mol. The van der Waals surface area contributed by atoms with Gasteiger partial charge in [0, 0.05) is 19.4 Å². The molecule has 1 rings (SSSR count). The number of amides is 2. The standard InChI is InChI=1S/C12H19N3O4/c1-3-9-6-13-10(19-9)7-15-12(18)14-5-8(2)4-11(16)17/h6,8H,3-5,7H2,1-2H3,(H,16,17)(H2,14,15,18). The normalized spacial score (nSPS) is 11.9. The van der Waals surface area contributed by atoms with Crippen LogP contribution in [0.2, 0.25) is 0 Å². The summed E-state index contributed by atoms with van der Waals surface area (Å²) >= 11 is 0. The van der Waals surface area contributed by atoms with Crippen molar-refractivity contribution in [1.29, 1.82) is 0 Å². The van der Waals surface area contributed by atoms with Gasteiger partial charge in [0.15, 0.2) is 0 Å². The zero-order chi connectivity index (χ0) is 14.3. The molecule has 0 fully saturated rings. The number of carboxylic acids is 1. The van der Waals surface area contributed by atoms with E-state index in [1.54, 1.807) is 13.1 Å². The average molecular weight is 269 g/mol. The number of nitrogens with one attached hydrogen (secondary N) is 2. The zero-order valence-electron chi connectivity index (χ0n) is 11.1. The van der Waals surface area contributed by atoms with Crippen LogP contribution in [0.1, 0.15) is 31.9 Å². The molecule has 1 aromatic rings. The van der Waals surface area contributed by atoms with Crippen molar-refractivity contribution in [3.8, 4) is 0 Å². The fraction of sp³-hybridized carbons (Fsp3) is 0.583. The number of nitrogens with zero attached hydrogens (tertiary/aromatic N) is 1. The fourth-order valence-electron chi connectivity index (χ4n) is 1.45. The highest BCUT2D eigenvalue weighted by atomic mass is 16.4. The number of aryl methyl sites for hydroxylation is 1. The number of hydrogen-bond donors (Lipinski definition) is 3. The summed E-state index contributed by atoms with van der Waals surface area (Å²) in [6.45, 7) is 4.23. The molecule has 7 nitrogen and oxygen atoms in total. The van der Waals surface area contributed by atoms with Crippen LogP contribution in [0.25, 0.3) is 0 Å². The Labute approximate surface area is 111 Å². The van der Waals surface area contributed by atoms with E-state index in [4.69, 9.17) is 9.52 Å². The van der Waals surface area contributed by atoms with E-state index in [1.165, 1.54) is 0 Å². The zero-order valence-corrected chi connectivity index (χ0v) is 11.1. The molecule has 0 spiro atoms. The SMILES string of the molecule is CCc1cnc(CNC(=O)NCC(C)CC(=O)O)o1. The van der Waals surface area contributed by atoms with Crippen LogP contribution < -0.4 is 10.6 Å². The van der Waals surface area contributed by atoms with Crippen LogP contribution in [0.5, 0.6) is 0 Å². The first kappa shape index (κ1) is 15.0. The summed E-state index contributed by atoms with van der Waals surface area (Å²) in [5.74, 6) is 0.233. The van der Waals surface area contributed by atoms with E-state index in [0.29, 0.717) is 12.4 Å². The van der Waals surface area contributed by atoms with Gasteiger partial charge >= 0.3 is 12.0 Å². The third kappa shape index (κ3) is 5.89. The molecule has 0 radical (unpaired) electrons. The topological polar surface area (TPSA) is 104 Å². The Balaban J connectivity index is 2.22. The molecule has 0 aliphatic carbocycles. The third-order valence-electron chi connectivity index (χ3n) is 2.48. The summed E-state index contributed by atoms with van der Waals surface area (Å²) in [6, 6.07) is -0.367. The maximum atomic E-state index is 11.4. The molecule has 0 aliphatic heterocycles. The van der Waals surface area contributed by atoms with Crippen molar-refractivity contribution in [3.63, 3.8) is 0 Å². The van der Waals surface area contributed by atoms with E-state index < -0.39 is 5.97 Å². The summed E-state index contributed by atoms with van der Waals surface area (Å²) in [5, 5.41) is 13.8. The van der Waals surface area contributed by atoms with Crippen LogP contribution in [-0.2, 0) is 17.8 Å². The van der Waals surface area contributed by atoms with Crippen LogP contribution in [0.4, 0.5) is 4.79 Å². The number of rotatable bonds is 7. The Morgan fingerprint density at radius 1 is 1.47 bits per heavy atom. The molecule has 1 heterocycles. The third-order valence-corrected chi connectivity index (χ3v) is 2.48.